The Bertz CT molecular complexity index is 892. The minimum atomic E-state index is -3.92. The topological polar surface area (TPSA) is 128 Å². The molecule has 1 aliphatic rings. The van der Waals surface area contributed by atoms with E-state index in [2.05, 4.69) is 0 Å². The number of hydrogen-bond donors (Lipinski definition) is 1. The lowest BCUT2D eigenvalue weighted by Gasteiger charge is -2.22. The van der Waals surface area contributed by atoms with Crippen LogP contribution in [-0.2, 0) is 24.3 Å². The highest BCUT2D eigenvalue weighted by atomic mass is 35.5. The molecule has 0 radical (unpaired) electrons. The molecule has 10 heteroatoms. The molecule has 8 nitrogen and oxygen atoms in total. The Balaban J connectivity index is 2.10. The van der Waals surface area contributed by atoms with E-state index in [1.165, 1.54) is 31.2 Å². The maximum Gasteiger partial charge on any atom is 0.324 e. The van der Waals surface area contributed by atoms with E-state index in [4.69, 9.17) is 27.0 Å². The van der Waals surface area contributed by atoms with Crippen LogP contribution in [0.25, 0.3) is 0 Å². The number of halogens is 1. The molecule has 1 N–H and O–H groups in total. The largest absolute Gasteiger partial charge is 0.456 e. The van der Waals surface area contributed by atoms with Crippen molar-refractivity contribution in [3.05, 3.63) is 29.3 Å². The monoisotopic (exact) mass is 411 g/mol. The third kappa shape index (κ3) is 4.71. The minimum Gasteiger partial charge on any atom is -0.456 e. The van der Waals surface area contributed by atoms with E-state index in [0.717, 1.165) is 4.31 Å². The maximum absolute atomic E-state index is 12.8. The van der Waals surface area contributed by atoms with E-state index < -0.39 is 40.3 Å². The molecular formula is C17H18ClN3O5S. The van der Waals surface area contributed by atoms with Gasteiger partial charge in [-0.25, -0.2) is 8.42 Å². The molecule has 1 unspecified atom stereocenters. The molecule has 2 atom stereocenters. The summed E-state index contributed by atoms with van der Waals surface area (Å²) in [7, 11) is -3.92. The van der Waals surface area contributed by atoms with Crippen LogP contribution in [-0.4, -0.2) is 49.4 Å². The minimum absolute atomic E-state index is 0.00616. The lowest BCUT2D eigenvalue weighted by atomic mass is 10.0. The molecule has 0 spiro atoms. The van der Waals surface area contributed by atoms with Gasteiger partial charge in [0.15, 0.2) is 12.4 Å². The van der Waals surface area contributed by atoms with Crippen LogP contribution in [0.4, 0.5) is 0 Å². The van der Waals surface area contributed by atoms with Gasteiger partial charge in [-0.3, -0.25) is 9.59 Å². The number of carbonyl (C=O) groups is 2. The number of benzene rings is 1. The number of esters is 1. The summed E-state index contributed by atoms with van der Waals surface area (Å²) in [4.78, 5) is 24.2. The first-order valence-corrected chi connectivity index (χ1v) is 9.91. The molecule has 1 aliphatic heterocycles. The van der Waals surface area contributed by atoms with Crippen LogP contribution in [0.15, 0.2) is 29.2 Å². The zero-order chi connectivity index (χ0) is 20.2. The van der Waals surface area contributed by atoms with E-state index in [1.807, 2.05) is 0 Å². The van der Waals surface area contributed by atoms with Crippen LogP contribution < -0.4 is 0 Å². The molecule has 1 fully saturated rings. The van der Waals surface area contributed by atoms with Gasteiger partial charge in [-0.2, -0.15) is 9.57 Å². The predicted molar refractivity (Wildman–Crippen MR) is 96.8 cm³/mol. The Morgan fingerprint density at radius 2 is 2.04 bits per heavy atom. The summed E-state index contributed by atoms with van der Waals surface area (Å²) < 4.78 is 31.5. The summed E-state index contributed by atoms with van der Waals surface area (Å²) in [5.74, 6) is -2.85. The number of nitriles is 1. The number of Topliss-reactive ketones (excluding diaryl/α,β-unsaturated/α-hetero) is 1. The molecule has 1 heterocycles. The number of carbonyl (C=O) groups excluding carboxylic acids is 2. The zero-order valence-corrected chi connectivity index (χ0v) is 16.1. The van der Waals surface area contributed by atoms with Crippen molar-refractivity contribution >= 4 is 39.1 Å². The molecule has 0 aromatic heterocycles. The predicted octanol–water partition coefficient (Wildman–Crippen LogP) is 1.78. The normalized spacial score (nSPS) is 18.5. The van der Waals surface area contributed by atoms with Crippen LogP contribution in [0.1, 0.15) is 19.8 Å². The van der Waals surface area contributed by atoms with Gasteiger partial charge >= 0.3 is 5.97 Å². The SMILES string of the molecule is CC(=N)C(C#N)C(=O)COC(=O)[C@@H]1CCCN1S(=O)(=O)c1ccc(Cl)cc1. The van der Waals surface area contributed by atoms with Crippen molar-refractivity contribution in [1.29, 1.82) is 10.7 Å². The van der Waals surface area contributed by atoms with Crippen molar-refractivity contribution in [2.24, 2.45) is 5.92 Å². The lowest BCUT2D eigenvalue weighted by Crippen LogP contribution is -2.42. The smallest absolute Gasteiger partial charge is 0.324 e. The summed E-state index contributed by atoms with van der Waals surface area (Å²) in [5.41, 5.74) is -0.147. The standard InChI is InChI=1S/C17H18ClN3O5S/c1-11(20)14(9-19)16(22)10-26-17(23)15-3-2-8-21(15)27(24,25)13-6-4-12(18)5-7-13/h4-7,14-15,20H,2-3,8,10H2,1H3/t14?,15-/m0/s1. The fourth-order valence-corrected chi connectivity index (χ4v) is 4.51. The molecule has 1 aromatic carbocycles. The fraction of sp³-hybridized carbons (Fsp3) is 0.412. The molecule has 0 aliphatic carbocycles. The second-order valence-electron chi connectivity index (χ2n) is 6.05. The molecule has 0 saturated carbocycles. The van der Waals surface area contributed by atoms with Gasteiger partial charge in [0.2, 0.25) is 10.0 Å². The summed E-state index contributed by atoms with van der Waals surface area (Å²) >= 11 is 5.78. The van der Waals surface area contributed by atoms with Crippen LogP contribution >= 0.6 is 11.6 Å². The number of nitrogens with one attached hydrogen (secondary N) is 1. The Morgan fingerprint density at radius 1 is 1.41 bits per heavy atom. The van der Waals surface area contributed by atoms with Crippen molar-refractivity contribution in [2.45, 2.75) is 30.7 Å². The average molecular weight is 412 g/mol. The van der Waals surface area contributed by atoms with Crippen molar-refractivity contribution in [1.82, 2.24) is 4.31 Å². The highest BCUT2D eigenvalue weighted by Gasteiger charge is 2.40. The van der Waals surface area contributed by atoms with Gasteiger partial charge in [0, 0.05) is 17.3 Å². The molecule has 1 aromatic rings. The molecular weight excluding hydrogens is 394 g/mol. The summed E-state index contributed by atoms with van der Waals surface area (Å²) in [6, 6.07) is 6.22. The van der Waals surface area contributed by atoms with E-state index >= 15 is 0 Å². The van der Waals surface area contributed by atoms with Crippen molar-refractivity contribution in [2.75, 3.05) is 13.2 Å². The third-order valence-corrected chi connectivity index (χ3v) is 6.31. The average Bonchev–Trinajstić information content (AvgIpc) is 3.11. The Hall–Kier alpha value is -2.28. The zero-order valence-electron chi connectivity index (χ0n) is 14.5. The number of rotatable bonds is 7. The van der Waals surface area contributed by atoms with E-state index in [1.54, 1.807) is 6.07 Å². The van der Waals surface area contributed by atoms with E-state index in [9.17, 15) is 18.0 Å². The summed E-state index contributed by atoms with van der Waals surface area (Å²) in [5, 5.41) is 16.7. The molecule has 0 bridgehead atoms. The van der Waals surface area contributed by atoms with E-state index in [0.29, 0.717) is 11.4 Å². The molecule has 144 valence electrons. The number of ether oxygens (including phenoxy) is 1. The van der Waals surface area contributed by atoms with Gasteiger partial charge in [-0.15, -0.1) is 0 Å². The van der Waals surface area contributed by atoms with Crippen LogP contribution in [0.3, 0.4) is 0 Å². The number of hydrogen-bond acceptors (Lipinski definition) is 7. The van der Waals surface area contributed by atoms with Gasteiger partial charge in [-0.1, -0.05) is 11.6 Å². The van der Waals surface area contributed by atoms with Crippen molar-refractivity contribution < 1.29 is 22.7 Å². The van der Waals surface area contributed by atoms with Crippen LogP contribution in [0.2, 0.25) is 5.02 Å². The Morgan fingerprint density at radius 3 is 2.59 bits per heavy atom. The van der Waals surface area contributed by atoms with Gasteiger partial charge in [-0.05, 0) is 44.0 Å². The summed E-state index contributed by atoms with van der Waals surface area (Å²) in [6.07, 6.45) is 0.742. The maximum atomic E-state index is 12.8. The quantitative estimate of drug-likeness (QED) is 0.538. The number of sulfonamides is 1. The second-order valence-corrected chi connectivity index (χ2v) is 8.37. The third-order valence-electron chi connectivity index (χ3n) is 4.14. The highest BCUT2D eigenvalue weighted by Crippen LogP contribution is 2.27. The van der Waals surface area contributed by atoms with Crippen molar-refractivity contribution in [3.63, 3.8) is 0 Å². The molecule has 27 heavy (non-hydrogen) atoms. The van der Waals surface area contributed by atoms with Gasteiger partial charge in [0.25, 0.3) is 0 Å². The van der Waals surface area contributed by atoms with Crippen molar-refractivity contribution in [3.8, 4) is 6.07 Å². The first kappa shape index (κ1) is 21.0. The Labute approximate surface area is 162 Å². The van der Waals surface area contributed by atoms with Crippen LogP contribution in [0.5, 0.6) is 0 Å². The lowest BCUT2D eigenvalue weighted by molar-refractivity contribution is -0.151. The molecule has 2 rings (SSSR count). The first-order valence-electron chi connectivity index (χ1n) is 8.10. The fourth-order valence-electron chi connectivity index (χ4n) is 2.74. The number of nitrogens with zero attached hydrogens (tertiary/aromatic N) is 2. The Kier molecular flexibility index (Phi) is 6.70. The van der Waals surface area contributed by atoms with Crippen LogP contribution in [0, 0.1) is 22.7 Å². The molecule has 0 amide bonds. The highest BCUT2D eigenvalue weighted by molar-refractivity contribution is 7.89. The second kappa shape index (κ2) is 8.61. The first-order chi connectivity index (χ1) is 12.7. The summed E-state index contributed by atoms with van der Waals surface area (Å²) in [6.45, 7) is 0.780. The van der Waals surface area contributed by atoms with Gasteiger partial charge < -0.3 is 10.1 Å². The van der Waals surface area contributed by atoms with Gasteiger partial charge in [0.1, 0.15) is 12.0 Å². The molecule has 1 saturated heterocycles. The van der Waals surface area contributed by atoms with Gasteiger partial charge in [0.05, 0.1) is 11.0 Å². The van der Waals surface area contributed by atoms with E-state index in [-0.39, 0.29) is 23.6 Å². The number of ketones is 1.